The van der Waals surface area contributed by atoms with Crippen molar-refractivity contribution in [1.29, 1.82) is 0 Å². The van der Waals surface area contributed by atoms with Crippen molar-refractivity contribution in [2.24, 2.45) is 0 Å². The molecule has 0 bridgehead atoms. The van der Waals surface area contributed by atoms with Crippen LogP contribution in [0.25, 0.3) is 0 Å². The fourth-order valence-corrected chi connectivity index (χ4v) is 2.08. The molecule has 2 N–H and O–H groups in total. The summed E-state index contributed by atoms with van der Waals surface area (Å²) in [6, 6.07) is 4.02. The van der Waals surface area contributed by atoms with E-state index >= 15 is 0 Å². The molecule has 0 aromatic heterocycles. The first-order valence-corrected chi connectivity index (χ1v) is 6.56. The van der Waals surface area contributed by atoms with Crippen LogP contribution in [0.1, 0.15) is 18.5 Å². The lowest BCUT2D eigenvalue weighted by atomic mass is 10.1. The molecule has 1 heterocycles. The Hall–Kier alpha value is -1.37. The van der Waals surface area contributed by atoms with Crippen LogP contribution in [-0.4, -0.2) is 38.8 Å². The van der Waals surface area contributed by atoms with Crippen molar-refractivity contribution < 1.29 is 18.7 Å². The second kappa shape index (κ2) is 8.17. The Morgan fingerprint density at radius 2 is 2.33 bits per heavy atom. The van der Waals surface area contributed by atoms with Crippen LogP contribution in [-0.2, 0) is 9.53 Å². The van der Waals surface area contributed by atoms with Crippen molar-refractivity contribution in [1.82, 2.24) is 10.6 Å². The molecule has 1 aromatic carbocycles. The van der Waals surface area contributed by atoms with Gasteiger partial charge in [-0.25, -0.2) is 4.39 Å². The van der Waals surface area contributed by atoms with Gasteiger partial charge in [0, 0.05) is 6.54 Å². The highest BCUT2D eigenvalue weighted by molar-refractivity contribution is 5.85. The molecule has 1 saturated heterocycles. The van der Waals surface area contributed by atoms with Crippen molar-refractivity contribution in [3.05, 3.63) is 29.6 Å². The molecule has 0 radical (unpaired) electrons. The highest BCUT2D eigenvalue weighted by atomic mass is 35.5. The summed E-state index contributed by atoms with van der Waals surface area (Å²) in [6.45, 7) is 3.44. The zero-order valence-corrected chi connectivity index (χ0v) is 12.8. The van der Waals surface area contributed by atoms with Crippen LogP contribution >= 0.6 is 12.4 Å². The van der Waals surface area contributed by atoms with E-state index in [1.807, 2.05) is 6.92 Å². The molecule has 118 valence electrons. The van der Waals surface area contributed by atoms with E-state index in [2.05, 4.69) is 10.6 Å². The highest BCUT2D eigenvalue weighted by Gasteiger charge is 2.22. The van der Waals surface area contributed by atoms with E-state index in [0.717, 1.165) is 0 Å². The summed E-state index contributed by atoms with van der Waals surface area (Å²) in [6.07, 6.45) is 0. The Labute approximate surface area is 129 Å². The summed E-state index contributed by atoms with van der Waals surface area (Å²) in [5.74, 6) is -0.395. The minimum Gasteiger partial charge on any atom is -0.494 e. The summed E-state index contributed by atoms with van der Waals surface area (Å²) in [4.78, 5) is 12.0. The molecule has 7 heteroatoms. The third kappa shape index (κ3) is 4.56. The summed E-state index contributed by atoms with van der Waals surface area (Å²) >= 11 is 0. The average Bonchev–Trinajstić information content (AvgIpc) is 2.48. The van der Waals surface area contributed by atoms with Gasteiger partial charge in [0.25, 0.3) is 0 Å². The number of nitrogens with one attached hydrogen (secondary N) is 2. The molecular weight excluding hydrogens is 299 g/mol. The van der Waals surface area contributed by atoms with Crippen LogP contribution in [0.2, 0.25) is 0 Å². The van der Waals surface area contributed by atoms with E-state index in [1.165, 1.54) is 13.2 Å². The maximum Gasteiger partial charge on any atom is 0.240 e. The van der Waals surface area contributed by atoms with Gasteiger partial charge in [-0.05, 0) is 24.6 Å². The zero-order valence-electron chi connectivity index (χ0n) is 12.0. The molecule has 5 nitrogen and oxygen atoms in total. The van der Waals surface area contributed by atoms with E-state index in [0.29, 0.717) is 25.3 Å². The van der Waals surface area contributed by atoms with Crippen molar-refractivity contribution in [3.63, 3.8) is 0 Å². The lowest BCUT2D eigenvalue weighted by molar-refractivity contribution is -0.126. The van der Waals surface area contributed by atoms with Crippen LogP contribution in [0.4, 0.5) is 4.39 Å². The van der Waals surface area contributed by atoms with Gasteiger partial charge >= 0.3 is 0 Å². The molecule has 2 rings (SSSR count). The quantitative estimate of drug-likeness (QED) is 0.881. The number of carbonyl (C=O) groups excluding carboxylic acids is 1. The number of carbonyl (C=O) groups is 1. The van der Waals surface area contributed by atoms with Crippen LogP contribution in [0.15, 0.2) is 18.2 Å². The van der Waals surface area contributed by atoms with E-state index in [-0.39, 0.29) is 36.1 Å². The van der Waals surface area contributed by atoms with E-state index in [4.69, 9.17) is 9.47 Å². The largest absolute Gasteiger partial charge is 0.494 e. The zero-order chi connectivity index (χ0) is 14.5. The first-order chi connectivity index (χ1) is 9.61. The number of hydrogen-bond donors (Lipinski definition) is 2. The Morgan fingerprint density at radius 3 is 2.90 bits per heavy atom. The number of methoxy groups -OCH3 is 1. The second-order valence-corrected chi connectivity index (χ2v) is 4.71. The van der Waals surface area contributed by atoms with Gasteiger partial charge in [0.1, 0.15) is 6.04 Å². The van der Waals surface area contributed by atoms with Crippen LogP contribution in [0.5, 0.6) is 5.75 Å². The third-order valence-electron chi connectivity index (χ3n) is 3.27. The fourth-order valence-electron chi connectivity index (χ4n) is 2.08. The Morgan fingerprint density at radius 1 is 1.57 bits per heavy atom. The predicted molar refractivity (Wildman–Crippen MR) is 79.4 cm³/mol. The number of hydrogen-bond acceptors (Lipinski definition) is 4. The highest BCUT2D eigenvalue weighted by Crippen LogP contribution is 2.21. The number of halogens is 2. The van der Waals surface area contributed by atoms with Gasteiger partial charge in [-0.15, -0.1) is 12.4 Å². The summed E-state index contributed by atoms with van der Waals surface area (Å²) in [7, 11) is 1.41. The van der Waals surface area contributed by atoms with Crippen LogP contribution in [0.3, 0.4) is 0 Å². The molecule has 1 aliphatic heterocycles. The number of ether oxygens (including phenoxy) is 2. The molecular formula is C14H20ClFN2O3. The van der Waals surface area contributed by atoms with Crippen molar-refractivity contribution in [2.75, 3.05) is 26.9 Å². The number of amides is 1. The summed E-state index contributed by atoms with van der Waals surface area (Å²) in [5.41, 5.74) is 0.688. The van der Waals surface area contributed by atoms with E-state index < -0.39 is 5.82 Å². The lowest BCUT2D eigenvalue weighted by Gasteiger charge is -2.25. The van der Waals surface area contributed by atoms with Crippen molar-refractivity contribution >= 4 is 18.3 Å². The lowest BCUT2D eigenvalue weighted by Crippen LogP contribution is -2.51. The Balaban J connectivity index is 0.00000220. The van der Waals surface area contributed by atoms with Gasteiger partial charge < -0.3 is 20.1 Å². The first-order valence-electron chi connectivity index (χ1n) is 6.56. The van der Waals surface area contributed by atoms with E-state index in [1.54, 1.807) is 12.1 Å². The average molecular weight is 319 g/mol. The molecule has 21 heavy (non-hydrogen) atoms. The minimum absolute atomic E-state index is 0. The topological polar surface area (TPSA) is 59.6 Å². The molecule has 2 unspecified atom stereocenters. The molecule has 1 aromatic rings. The molecule has 0 aliphatic carbocycles. The van der Waals surface area contributed by atoms with Gasteiger partial charge in [-0.3, -0.25) is 4.79 Å². The van der Waals surface area contributed by atoms with Gasteiger partial charge in [-0.2, -0.15) is 0 Å². The maximum atomic E-state index is 13.6. The van der Waals surface area contributed by atoms with Crippen molar-refractivity contribution in [3.8, 4) is 5.75 Å². The summed E-state index contributed by atoms with van der Waals surface area (Å²) in [5, 5.41) is 5.92. The second-order valence-electron chi connectivity index (χ2n) is 4.71. The van der Waals surface area contributed by atoms with Gasteiger partial charge in [0.2, 0.25) is 5.91 Å². The number of benzene rings is 1. The molecule has 1 fully saturated rings. The fraction of sp³-hybridized carbons (Fsp3) is 0.500. The molecule has 1 amide bonds. The predicted octanol–water partition coefficient (Wildman–Crippen LogP) is 1.42. The standard InChI is InChI=1S/C14H19FN2O3.ClH/c1-9(10-3-4-13(19-2)11(15)7-10)17-14(18)12-8-20-6-5-16-12;/h3-4,7,9,12,16H,5-6,8H2,1-2H3,(H,17,18);1H. The maximum absolute atomic E-state index is 13.6. The molecule has 0 spiro atoms. The van der Waals surface area contributed by atoms with Gasteiger partial charge in [0.15, 0.2) is 11.6 Å². The van der Waals surface area contributed by atoms with Gasteiger partial charge in [0.05, 0.1) is 26.4 Å². The van der Waals surface area contributed by atoms with Crippen molar-refractivity contribution in [2.45, 2.75) is 19.0 Å². The molecule has 0 saturated carbocycles. The first kappa shape index (κ1) is 17.7. The third-order valence-corrected chi connectivity index (χ3v) is 3.27. The van der Waals surface area contributed by atoms with E-state index in [9.17, 15) is 9.18 Å². The SMILES string of the molecule is COc1ccc(C(C)NC(=O)C2COCCN2)cc1F.Cl. The Bertz CT molecular complexity index is 481. The smallest absolute Gasteiger partial charge is 0.240 e. The summed E-state index contributed by atoms with van der Waals surface area (Å²) < 4.78 is 23.7. The van der Waals surface area contributed by atoms with Crippen LogP contribution < -0.4 is 15.4 Å². The molecule has 1 aliphatic rings. The number of rotatable bonds is 4. The minimum atomic E-state index is -0.440. The molecule has 2 atom stereocenters. The van der Waals surface area contributed by atoms with Gasteiger partial charge in [-0.1, -0.05) is 6.07 Å². The monoisotopic (exact) mass is 318 g/mol. The van der Waals surface area contributed by atoms with Crippen LogP contribution in [0, 0.1) is 5.82 Å². The normalized spacial score (nSPS) is 19.3. The Kier molecular flexibility index (Phi) is 6.87. The number of morpholine rings is 1.